The second-order valence-electron chi connectivity index (χ2n) is 6.12. The highest BCUT2D eigenvalue weighted by molar-refractivity contribution is 7.98. The van der Waals surface area contributed by atoms with Gasteiger partial charge < -0.3 is 10.0 Å². The Balaban J connectivity index is 1.85. The maximum atomic E-state index is 12.8. The van der Waals surface area contributed by atoms with Gasteiger partial charge in [-0.2, -0.15) is 0 Å². The number of likely N-dealkylation sites (tertiary alicyclic amines) is 1. The molecule has 3 rings (SSSR count). The van der Waals surface area contributed by atoms with Crippen LogP contribution in [0.25, 0.3) is 0 Å². The molecule has 1 aliphatic carbocycles. The number of halogens is 2. The zero-order valence-corrected chi connectivity index (χ0v) is 14.9. The van der Waals surface area contributed by atoms with E-state index >= 15 is 0 Å². The lowest BCUT2D eigenvalue weighted by atomic mass is 9.92. The predicted molar refractivity (Wildman–Crippen MR) is 91.5 cm³/mol. The molecule has 1 aliphatic heterocycles. The Hall–Kier alpha value is -0.910. The zero-order valence-electron chi connectivity index (χ0n) is 12.6. The summed E-state index contributed by atoms with van der Waals surface area (Å²) in [5.41, 5.74) is 0.390. The summed E-state index contributed by atoms with van der Waals surface area (Å²) in [5, 5.41) is 10.2. The van der Waals surface area contributed by atoms with Crippen molar-refractivity contribution < 1.29 is 14.7 Å². The molecule has 4 nitrogen and oxygen atoms in total. The monoisotopic (exact) mass is 373 g/mol. The lowest BCUT2D eigenvalue weighted by molar-refractivity contribution is -0.142. The normalized spacial score (nSPS) is 24.0. The fraction of sp³-hybridized carbons (Fsp3) is 0.500. The molecule has 1 aromatic rings. The van der Waals surface area contributed by atoms with Gasteiger partial charge in [0, 0.05) is 18.0 Å². The molecule has 23 heavy (non-hydrogen) atoms. The number of aliphatic carboxylic acids is 1. The minimum absolute atomic E-state index is 0.0579. The van der Waals surface area contributed by atoms with E-state index < -0.39 is 11.9 Å². The first-order valence-electron chi connectivity index (χ1n) is 7.47. The Morgan fingerprint density at radius 3 is 2.48 bits per heavy atom. The lowest BCUT2D eigenvalue weighted by Crippen LogP contribution is -2.30. The van der Waals surface area contributed by atoms with E-state index in [0.717, 1.165) is 17.7 Å². The lowest BCUT2D eigenvalue weighted by Gasteiger charge is -2.18. The summed E-state index contributed by atoms with van der Waals surface area (Å²) in [6.07, 6.45) is 4.01. The number of hydrogen-bond acceptors (Lipinski definition) is 3. The van der Waals surface area contributed by atoms with Crippen LogP contribution in [0.2, 0.25) is 10.0 Å². The topological polar surface area (TPSA) is 57.6 Å². The number of nitrogens with zero attached hydrogens (tertiary/aromatic N) is 1. The molecule has 0 unspecified atom stereocenters. The van der Waals surface area contributed by atoms with Crippen molar-refractivity contribution in [3.05, 3.63) is 27.7 Å². The van der Waals surface area contributed by atoms with Crippen LogP contribution in [0.3, 0.4) is 0 Å². The van der Waals surface area contributed by atoms with E-state index in [4.69, 9.17) is 23.2 Å². The van der Waals surface area contributed by atoms with Crippen molar-refractivity contribution in [3.63, 3.8) is 0 Å². The van der Waals surface area contributed by atoms with Gasteiger partial charge in [0.15, 0.2) is 0 Å². The van der Waals surface area contributed by atoms with Crippen molar-refractivity contribution in [1.82, 2.24) is 4.90 Å². The molecule has 1 saturated heterocycles. The Kier molecular flexibility index (Phi) is 4.81. The van der Waals surface area contributed by atoms with Crippen LogP contribution >= 0.6 is 35.0 Å². The third kappa shape index (κ3) is 3.32. The highest BCUT2D eigenvalue weighted by Gasteiger charge is 2.47. The van der Waals surface area contributed by atoms with Crippen LogP contribution in [0.1, 0.15) is 23.2 Å². The van der Waals surface area contributed by atoms with Gasteiger partial charge in [0.25, 0.3) is 5.91 Å². The maximum Gasteiger partial charge on any atom is 0.308 e. The zero-order chi connectivity index (χ0) is 16.7. The van der Waals surface area contributed by atoms with Gasteiger partial charge >= 0.3 is 5.97 Å². The van der Waals surface area contributed by atoms with Crippen molar-refractivity contribution in [2.45, 2.75) is 17.7 Å². The summed E-state index contributed by atoms with van der Waals surface area (Å²) in [5.74, 6) is -1.00. The molecule has 1 amide bonds. The predicted octanol–water partition coefficient (Wildman–Crippen LogP) is 3.90. The van der Waals surface area contributed by atoms with Gasteiger partial charge in [-0.1, -0.05) is 23.2 Å². The fourth-order valence-corrected chi connectivity index (χ4v) is 4.46. The number of amides is 1. The largest absolute Gasteiger partial charge is 0.481 e. The van der Waals surface area contributed by atoms with E-state index in [1.807, 2.05) is 6.26 Å². The molecule has 7 heteroatoms. The summed E-state index contributed by atoms with van der Waals surface area (Å²) in [7, 11) is 0. The van der Waals surface area contributed by atoms with Crippen molar-refractivity contribution >= 4 is 46.8 Å². The van der Waals surface area contributed by atoms with Gasteiger partial charge in [-0.25, -0.2) is 0 Å². The van der Waals surface area contributed by atoms with E-state index in [1.165, 1.54) is 11.8 Å². The number of hydrogen-bond donors (Lipinski definition) is 1. The first-order chi connectivity index (χ1) is 10.9. The van der Waals surface area contributed by atoms with Crippen molar-refractivity contribution in [1.29, 1.82) is 0 Å². The molecule has 1 aromatic carbocycles. The molecular formula is C16H17Cl2NO3S. The molecule has 1 saturated carbocycles. The molecule has 2 aliphatic rings. The maximum absolute atomic E-state index is 12.8. The van der Waals surface area contributed by atoms with Crippen LogP contribution in [-0.4, -0.2) is 41.2 Å². The van der Waals surface area contributed by atoms with Crippen molar-refractivity contribution in [2.75, 3.05) is 19.3 Å². The average Bonchev–Trinajstić information content (AvgIpc) is 3.25. The van der Waals surface area contributed by atoms with Gasteiger partial charge in [-0.3, -0.25) is 9.59 Å². The van der Waals surface area contributed by atoms with Gasteiger partial charge in [-0.15, -0.1) is 11.8 Å². The second kappa shape index (κ2) is 6.54. The quantitative estimate of drug-likeness (QED) is 0.813. The van der Waals surface area contributed by atoms with Crippen LogP contribution in [0.15, 0.2) is 17.0 Å². The molecule has 0 bridgehead atoms. The van der Waals surface area contributed by atoms with Crippen LogP contribution in [0.4, 0.5) is 0 Å². The van der Waals surface area contributed by atoms with E-state index in [9.17, 15) is 14.7 Å². The van der Waals surface area contributed by atoms with Crippen LogP contribution in [-0.2, 0) is 4.79 Å². The van der Waals surface area contributed by atoms with Gasteiger partial charge in [0.05, 0.1) is 21.5 Å². The minimum Gasteiger partial charge on any atom is -0.481 e. The number of carbonyl (C=O) groups is 2. The molecule has 0 radical (unpaired) electrons. The molecular weight excluding hydrogens is 357 g/mol. The van der Waals surface area contributed by atoms with Crippen LogP contribution in [0, 0.1) is 17.8 Å². The number of rotatable bonds is 4. The Morgan fingerprint density at radius 1 is 1.22 bits per heavy atom. The highest BCUT2D eigenvalue weighted by atomic mass is 35.5. The van der Waals surface area contributed by atoms with Gasteiger partial charge in [0.2, 0.25) is 0 Å². The first-order valence-corrected chi connectivity index (χ1v) is 9.45. The third-order valence-electron chi connectivity index (χ3n) is 4.67. The Morgan fingerprint density at radius 2 is 1.91 bits per heavy atom. The first kappa shape index (κ1) is 16.9. The molecule has 0 spiro atoms. The summed E-state index contributed by atoms with van der Waals surface area (Å²) in [6, 6.07) is 3.27. The molecule has 0 aromatic heterocycles. The Labute approximate surface area is 149 Å². The van der Waals surface area contributed by atoms with Gasteiger partial charge in [-0.05, 0) is 43.1 Å². The fourth-order valence-electron chi connectivity index (χ4n) is 3.28. The molecule has 124 valence electrons. The summed E-state index contributed by atoms with van der Waals surface area (Å²) in [4.78, 5) is 26.7. The molecule has 1 heterocycles. The van der Waals surface area contributed by atoms with E-state index in [0.29, 0.717) is 28.1 Å². The smallest absolute Gasteiger partial charge is 0.308 e. The number of benzene rings is 1. The standard InChI is InChI=1S/C16H17Cl2NO3S/c1-23-14-4-9(12(17)5-13(14)18)15(20)19-6-10(8-2-3-8)11(7-19)16(21)22/h4-5,8,10-11H,2-3,6-7H2,1H3,(H,21,22)/t10-,11+/m1/s1. The van der Waals surface area contributed by atoms with E-state index in [1.54, 1.807) is 17.0 Å². The number of carbonyl (C=O) groups excluding carboxylic acids is 1. The van der Waals surface area contributed by atoms with Crippen molar-refractivity contribution in [2.24, 2.45) is 17.8 Å². The highest BCUT2D eigenvalue weighted by Crippen LogP contribution is 2.44. The summed E-state index contributed by atoms with van der Waals surface area (Å²) < 4.78 is 0. The second-order valence-corrected chi connectivity index (χ2v) is 7.79. The number of carboxylic acids is 1. The van der Waals surface area contributed by atoms with Crippen LogP contribution < -0.4 is 0 Å². The molecule has 2 fully saturated rings. The summed E-state index contributed by atoms with van der Waals surface area (Å²) >= 11 is 13.7. The van der Waals surface area contributed by atoms with Crippen molar-refractivity contribution in [3.8, 4) is 0 Å². The third-order valence-corrected chi connectivity index (χ3v) is 6.18. The molecule has 1 N–H and O–H groups in total. The number of thioether (sulfide) groups is 1. The summed E-state index contributed by atoms with van der Waals surface area (Å²) in [6.45, 7) is 0.747. The van der Waals surface area contributed by atoms with Gasteiger partial charge in [0.1, 0.15) is 0 Å². The molecule has 2 atom stereocenters. The number of carboxylic acid groups (broad SMARTS) is 1. The van der Waals surface area contributed by atoms with Crippen LogP contribution in [0.5, 0.6) is 0 Å². The van der Waals surface area contributed by atoms with E-state index in [2.05, 4.69) is 0 Å². The Bertz CT molecular complexity index is 663. The van der Waals surface area contributed by atoms with E-state index in [-0.39, 0.29) is 18.4 Å². The average molecular weight is 374 g/mol. The SMILES string of the molecule is CSc1cc(C(=O)N2C[C@H](C(=O)O)[C@@H](C3CC3)C2)c(Cl)cc1Cl. The minimum atomic E-state index is -0.816.